The normalized spacial score (nSPS) is 6.00. The van der Waals surface area contributed by atoms with Crippen LogP contribution in [0.15, 0.2) is 0 Å². The Bertz CT molecular complexity index is 15.5. The molecule has 0 aliphatic rings. The largest absolute Gasteiger partial charge is 1.00 e. The molecule has 0 bridgehead atoms. The first kappa shape index (κ1) is 9.75. The number of hydrogen-bond donors (Lipinski definition) is 2. The number of hydrogen-bond acceptors (Lipinski definition) is 2. The van der Waals surface area contributed by atoms with Crippen molar-refractivity contribution in [2.24, 2.45) is 5.73 Å². The van der Waals surface area contributed by atoms with Gasteiger partial charge < -0.3 is 12.3 Å². The molecule has 3 heteroatoms. The summed E-state index contributed by atoms with van der Waals surface area (Å²) in [6.07, 6.45) is 0. The molecular formula is C2H8KNO. The summed E-state index contributed by atoms with van der Waals surface area (Å²) in [6.45, 7) is 0.472. The standard InChI is InChI=1S/C2H7NO.K.H/c3-1-2-4;;/h4H,1-3H2;;/q;+1;-1. The van der Waals surface area contributed by atoms with Gasteiger partial charge in [0.15, 0.2) is 0 Å². The third-order valence-corrected chi connectivity index (χ3v) is 0.129. The molecule has 3 N–H and O–H groups in total. The first-order valence-corrected chi connectivity index (χ1v) is 1.22. The van der Waals surface area contributed by atoms with Gasteiger partial charge in [0.25, 0.3) is 0 Å². The summed E-state index contributed by atoms with van der Waals surface area (Å²) in [6, 6.07) is 0. The third-order valence-electron chi connectivity index (χ3n) is 0.129. The minimum Gasteiger partial charge on any atom is -1.00 e. The van der Waals surface area contributed by atoms with E-state index < -0.39 is 0 Å². The Labute approximate surface area is 75.6 Å². The van der Waals surface area contributed by atoms with Gasteiger partial charge in [-0.15, -0.1) is 0 Å². The fraction of sp³-hybridized carbons (Fsp3) is 1.00. The second kappa shape index (κ2) is 9.12. The molecule has 0 aromatic rings. The van der Waals surface area contributed by atoms with Crippen LogP contribution >= 0.6 is 0 Å². The van der Waals surface area contributed by atoms with Crippen molar-refractivity contribution in [1.82, 2.24) is 0 Å². The van der Waals surface area contributed by atoms with Crippen molar-refractivity contribution >= 4 is 0 Å². The monoisotopic (exact) mass is 101 g/mol. The molecule has 0 atom stereocenters. The van der Waals surface area contributed by atoms with Crippen LogP contribution in [-0.2, 0) is 0 Å². The van der Waals surface area contributed by atoms with Gasteiger partial charge in [-0.2, -0.15) is 0 Å². The molecule has 0 spiro atoms. The molecule has 2 nitrogen and oxygen atoms in total. The second-order valence-corrected chi connectivity index (χ2v) is 0.512. The third kappa shape index (κ3) is 10.8. The Kier molecular flexibility index (Phi) is 17.8. The predicted molar refractivity (Wildman–Crippen MR) is 17.3 cm³/mol. The van der Waals surface area contributed by atoms with Crippen LogP contribution in [0.5, 0.6) is 0 Å². The fourth-order valence-electron chi connectivity index (χ4n) is 0. The molecule has 0 heterocycles. The summed E-state index contributed by atoms with van der Waals surface area (Å²) in [5.41, 5.74) is 4.78. The summed E-state index contributed by atoms with van der Waals surface area (Å²) >= 11 is 0. The van der Waals surface area contributed by atoms with E-state index in [2.05, 4.69) is 0 Å². The van der Waals surface area contributed by atoms with Gasteiger partial charge in [0.05, 0.1) is 6.61 Å². The van der Waals surface area contributed by atoms with Crippen molar-refractivity contribution in [3.8, 4) is 0 Å². The molecule has 0 aliphatic carbocycles. The van der Waals surface area contributed by atoms with Crippen molar-refractivity contribution in [1.29, 1.82) is 0 Å². The van der Waals surface area contributed by atoms with Crippen molar-refractivity contribution in [3.05, 3.63) is 0 Å². The van der Waals surface area contributed by atoms with Crippen molar-refractivity contribution in [2.45, 2.75) is 0 Å². The molecular weight excluding hydrogens is 93.1 g/mol. The minimum absolute atomic E-state index is 0. The zero-order chi connectivity index (χ0) is 3.41. The van der Waals surface area contributed by atoms with Crippen molar-refractivity contribution in [3.63, 3.8) is 0 Å². The van der Waals surface area contributed by atoms with Crippen LogP contribution in [0, 0.1) is 0 Å². The van der Waals surface area contributed by atoms with E-state index in [1.165, 1.54) is 0 Å². The molecule has 28 valence electrons. The molecule has 5 heavy (non-hydrogen) atoms. The number of aliphatic hydroxyl groups excluding tert-OH is 1. The van der Waals surface area contributed by atoms with Crippen LogP contribution in [0.3, 0.4) is 0 Å². The first-order valence-electron chi connectivity index (χ1n) is 1.22. The number of rotatable bonds is 1. The van der Waals surface area contributed by atoms with Crippen molar-refractivity contribution in [2.75, 3.05) is 13.2 Å². The molecule has 0 radical (unpaired) electrons. The van der Waals surface area contributed by atoms with Gasteiger partial charge in [0.2, 0.25) is 0 Å². The number of nitrogens with two attached hydrogens (primary N) is 1. The molecule has 0 aromatic carbocycles. The molecule has 0 saturated heterocycles. The SMILES string of the molecule is NCCO.[H-].[K+]. The Morgan fingerprint density at radius 3 is 2.00 bits per heavy atom. The van der Waals surface area contributed by atoms with Gasteiger partial charge in [-0.1, -0.05) is 0 Å². The average molecular weight is 101 g/mol. The predicted octanol–water partition coefficient (Wildman–Crippen LogP) is -3.95. The van der Waals surface area contributed by atoms with Crippen molar-refractivity contribution < 1.29 is 57.9 Å². The van der Waals surface area contributed by atoms with Gasteiger partial charge in [0.1, 0.15) is 0 Å². The molecule has 0 rings (SSSR count). The van der Waals surface area contributed by atoms with Gasteiger partial charge in [0, 0.05) is 6.54 Å². The molecule has 0 unspecified atom stereocenters. The quantitative estimate of drug-likeness (QED) is 0.331. The van der Waals surface area contributed by atoms with Crippen LogP contribution in [0.4, 0.5) is 0 Å². The molecule has 0 saturated carbocycles. The van der Waals surface area contributed by atoms with E-state index in [4.69, 9.17) is 10.8 Å². The fourth-order valence-corrected chi connectivity index (χ4v) is 0. The van der Waals surface area contributed by atoms with Gasteiger partial charge in [-0.3, -0.25) is 0 Å². The average Bonchev–Trinajstić information content (AvgIpc) is 1.37. The summed E-state index contributed by atoms with van der Waals surface area (Å²) in [5, 5.41) is 7.75. The van der Waals surface area contributed by atoms with Crippen LogP contribution < -0.4 is 57.1 Å². The van der Waals surface area contributed by atoms with E-state index in [1.807, 2.05) is 0 Å². The summed E-state index contributed by atoms with van der Waals surface area (Å²) in [7, 11) is 0. The molecule has 0 aromatic heterocycles. The zero-order valence-corrected chi connectivity index (χ0v) is 6.56. The Morgan fingerprint density at radius 1 is 1.80 bits per heavy atom. The summed E-state index contributed by atoms with van der Waals surface area (Å²) < 4.78 is 0. The summed E-state index contributed by atoms with van der Waals surface area (Å²) in [5.74, 6) is 0. The molecule has 0 aliphatic heterocycles. The zero-order valence-electron chi connectivity index (χ0n) is 4.44. The Balaban J connectivity index is -0.0000000450. The van der Waals surface area contributed by atoms with Gasteiger partial charge in [-0.25, -0.2) is 0 Å². The van der Waals surface area contributed by atoms with Gasteiger partial charge in [-0.05, 0) is 0 Å². The van der Waals surface area contributed by atoms with E-state index in [0.29, 0.717) is 6.54 Å². The maximum Gasteiger partial charge on any atom is 1.00 e. The summed E-state index contributed by atoms with van der Waals surface area (Å²) in [4.78, 5) is 0. The van der Waals surface area contributed by atoms with E-state index in [-0.39, 0.29) is 59.4 Å². The number of aliphatic hydroxyl groups is 1. The Morgan fingerprint density at radius 2 is 2.00 bits per heavy atom. The second-order valence-electron chi connectivity index (χ2n) is 0.512. The van der Waals surface area contributed by atoms with E-state index in [1.54, 1.807) is 0 Å². The Hall–Kier alpha value is 1.56. The van der Waals surface area contributed by atoms with E-state index in [9.17, 15) is 0 Å². The minimum atomic E-state index is 0. The topological polar surface area (TPSA) is 46.2 Å². The smallest absolute Gasteiger partial charge is 1.00 e. The van der Waals surface area contributed by atoms with E-state index in [0.717, 1.165) is 0 Å². The van der Waals surface area contributed by atoms with Crippen LogP contribution in [0.1, 0.15) is 1.43 Å². The first-order chi connectivity index (χ1) is 1.91. The molecule has 0 fully saturated rings. The molecule has 0 amide bonds. The maximum absolute atomic E-state index is 7.75. The van der Waals surface area contributed by atoms with Gasteiger partial charge >= 0.3 is 51.4 Å². The van der Waals surface area contributed by atoms with E-state index >= 15 is 0 Å². The van der Waals surface area contributed by atoms with Crippen LogP contribution in [0.25, 0.3) is 0 Å². The van der Waals surface area contributed by atoms with Crippen LogP contribution in [-0.4, -0.2) is 18.3 Å². The maximum atomic E-state index is 7.75. The van der Waals surface area contributed by atoms with Crippen LogP contribution in [0.2, 0.25) is 0 Å².